The van der Waals surface area contributed by atoms with Gasteiger partial charge in [-0.15, -0.1) is 0 Å². The molecule has 2 N–H and O–H groups in total. The van der Waals surface area contributed by atoms with Crippen LogP contribution >= 0.6 is 0 Å². The molecule has 0 bridgehead atoms. The molecule has 0 aliphatic carbocycles. The minimum Gasteiger partial charge on any atom is -0.388 e. The Morgan fingerprint density at radius 1 is 1.33 bits per heavy atom. The average Bonchev–Trinajstić information content (AvgIpc) is 2.35. The fourth-order valence-corrected chi connectivity index (χ4v) is 1.42. The van der Waals surface area contributed by atoms with Crippen molar-refractivity contribution in [2.75, 3.05) is 0 Å². The third-order valence-corrected chi connectivity index (χ3v) is 3.47. The van der Waals surface area contributed by atoms with Gasteiger partial charge in [-0.25, -0.2) is 0 Å². The van der Waals surface area contributed by atoms with E-state index in [0.29, 0.717) is 5.56 Å². The van der Waals surface area contributed by atoms with Crippen LogP contribution in [0.15, 0.2) is 30.3 Å². The molecular weight excluding hydrogens is 272 g/mol. The molecule has 6 nitrogen and oxygen atoms in total. The van der Waals surface area contributed by atoms with Crippen molar-refractivity contribution in [1.29, 1.82) is 0 Å². The summed E-state index contributed by atoms with van der Waals surface area (Å²) < 4.78 is 0. The first-order valence-electron chi connectivity index (χ1n) is 6.50. The fourth-order valence-electron chi connectivity index (χ4n) is 1.42. The summed E-state index contributed by atoms with van der Waals surface area (Å²) in [6, 6.07) is 5.98. The third-order valence-electron chi connectivity index (χ3n) is 3.47. The highest BCUT2D eigenvalue weighted by molar-refractivity contribution is 5.92. The molecule has 1 amide bonds. The van der Waals surface area contributed by atoms with Crippen LogP contribution in [-0.4, -0.2) is 27.1 Å². The van der Waals surface area contributed by atoms with Crippen LogP contribution < -0.4 is 5.32 Å². The second-order valence-corrected chi connectivity index (χ2v) is 5.86. The van der Waals surface area contributed by atoms with Crippen molar-refractivity contribution in [3.63, 3.8) is 0 Å². The van der Waals surface area contributed by atoms with Gasteiger partial charge in [0.2, 0.25) is 5.91 Å². The van der Waals surface area contributed by atoms with Gasteiger partial charge < -0.3 is 10.4 Å². The van der Waals surface area contributed by atoms with Gasteiger partial charge in [0.1, 0.15) is 0 Å². The summed E-state index contributed by atoms with van der Waals surface area (Å²) >= 11 is 0. The van der Waals surface area contributed by atoms with Crippen LogP contribution in [0, 0.1) is 10.1 Å². The van der Waals surface area contributed by atoms with Crippen LogP contribution in [0.3, 0.4) is 0 Å². The minimum absolute atomic E-state index is 0.0330. The van der Waals surface area contributed by atoms with E-state index in [4.69, 9.17) is 0 Å². The summed E-state index contributed by atoms with van der Waals surface area (Å²) in [6.45, 7) is 6.65. The quantitative estimate of drug-likeness (QED) is 0.494. The highest BCUT2D eigenvalue weighted by atomic mass is 16.6. The number of hydrogen-bond acceptors (Lipinski definition) is 4. The van der Waals surface area contributed by atoms with Crippen molar-refractivity contribution in [2.45, 2.75) is 38.8 Å². The first-order valence-corrected chi connectivity index (χ1v) is 6.50. The lowest BCUT2D eigenvalue weighted by Crippen LogP contribution is -2.57. The van der Waals surface area contributed by atoms with E-state index >= 15 is 0 Å². The van der Waals surface area contributed by atoms with E-state index in [1.807, 2.05) is 0 Å². The predicted molar refractivity (Wildman–Crippen MR) is 80.6 cm³/mol. The number of aliphatic hydroxyl groups is 1. The van der Waals surface area contributed by atoms with Gasteiger partial charge in [0.05, 0.1) is 16.1 Å². The Kier molecular flexibility index (Phi) is 4.85. The van der Waals surface area contributed by atoms with Gasteiger partial charge in [-0.2, -0.15) is 0 Å². The number of benzene rings is 1. The third kappa shape index (κ3) is 4.68. The average molecular weight is 292 g/mol. The Morgan fingerprint density at radius 2 is 1.95 bits per heavy atom. The van der Waals surface area contributed by atoms with Crippen LogP contribution in [0.4, 0.5) is 5.69 Å². The fraction of sp³-hybridized carbons (Fsp3) is 0.400. The zero-order valence-corrected chi connectivity index (χ0v) is 12.6. The van der Waals surface area contributed by atoms with Crippen LogP contribution in [0.5, 0.6) is 0 Å². The van der Waals surface area contributed by atoms with E-state index in [1.54, 1.807) is 39.8 Å². The largest absolute Gasteiger partial charge is 0.388 e. The van der Waals surface area contributed by atoms with Gasteiger partial charge >= 0.3 is 0 Å². The van der Waals surface area contributed by atoms with E-state index < -0.39 is 16.1 Å². The van der Waals surface area contributed by atoms with Crippen LogP contribution in [0.2, 0.25) is 0 Å². The monoisotopic (exact) mass is 292 g/mol. The number of rotatable bonds is 5. The summed E-state index contributed by atoms with van der Waals surface area (Å²) in [6.07, 6.45) is 2.77. The van der Waals surface area contributed by atoms with Gasteiger partial charge in [0.15, 0.2) is 0 Å². The molecule has 0 saturated carbocycles. The van der Waals surface area contributed by atoms with Gasteiger partial charge in [-0.1, -0.05) is 12.1 Å². The van der Waals surface area contributed by atoms with E-state index in [1.165, 1.54) is 24.3 Å². The number of nitro groups is 1. The van der Waals surface area contributed by atoms with Crippen LogP contribution in [0.25, 0.3) is 6.08 Å². The van der Waals surface area contributed by atoms with Crippen molar-refractivity contribution in [2.24, 2.45) is 0 Å². The highest BCUT2D eigenvalue weighted by Gasteiger charge is 2.35. The van der Waals surface area contributed by atoms with Crippen molar-refractivity contribution >= 4 is 17.7 Å². The molecule has 0 heterocycles. The maximum Gasteiger partial charge on any atom is 0.270 e. The summed E-state index contributed by atoms with van der Waals surface area (Å²) in [5, 5.41) is 23.3. The summed E-state index contributed by atoms with van der Waals surface area (Å²) in [5.41, 5.74) is -1.37. The number of amides is 1. The van der Waals surface area contributed by atoms with Gasteiger partial charge in [-0.3, -0.25) is 14.9 Å². The molecule has 1 aromatic carbocycles. The Hall–Kier alpha value is -2.21. The summed E-state index contributed by atoms with van der Waals surface area (Å²) in [7, 11) is 0. The Morgan fingerprint density at radius 3 is 2.48 bits per heavy atom. The number of non-ortho nitro benzene ring substituents is 1. The topological polar surface area (TPSA) is 92.5 Å². The van der Waals surface area contributed by atoms with E-state index in [9.17, 15) is 20.0 Å². The van der Waals surface area contributed by atoms with Crippen molar-refractivity contribution in [3.05, 3.63) is 46.0 Å². The molecule has 0 radical (unpaired) electrons. The zero-order valence-electron chi connectivity index (χ0n) is 12.6. The number of nitro benzene ring substituents is 1. The van der Waals surface area contributed by atoms with Crippen molar-refractivity contribution in [3.8, 4) is 0 Å². The first kappa shape index (κ1) is 16.8. The molecule has 0 aliphatic rings. The Labute approximate surface area is 123 Å². The highest BCUT2D eigenvalue weighted by Crippen LogP contribution is 2.20. The van der Waals surface area contributed by atoms with Crippen molar-refractivity contribution in [1.82, 2.24) is 5.32 Å². The molecule has 0 atom stereocenters. The van der Waals surface area contributed by atoms with Gasteiger partial charge in [-0.05, 0) is 39.3 Å². The summed E-state index contributed by atoms with van der Waals surface area (Å²) in [5.74, 6) is -0.381. The molecule has 1 aromatic rings. The minimum atomic E-state index is -1.08. The van der Waals surface area contributed by atoms with Gasteiger partial charge in [0, 0.05) is 18.2 Å². The normalized spacial score (nSPS) is 12.4. The zero-order chi connectivity index (χ0) is 16.3. The molecule has 1 rings (SSSR count). The number of hydrogen-bond donors (Lipinski definition) is 2. The van der Waals surface area contributed by atoms with E-state index in [-0.39, 0.29) is 11.6 Å². The second kappa shape index (κ2) is 6.05. The number of carbonyl (C=O) groups is 1. The molecule has 0 saturated heterocycles. The smallest absolute Gasteiger partial charge is 0.270 e. The van der Waals surface area contributed by atoms with Crippen molar-refractivity contribution < 1.29 is 14.8 Å². The lowest BCUT2D eigenvalue weighted by molar-refractivity contribution is -0.384. The van der Waals surface area contributed by atoms with Crippen LogP contribution in [0.1, 0.15) is 33.3 Å². The van der Waals surface area contributed by atoms with E-state index in [2.05, 4.69) is 5.32 Å². The molecule has 0 aliphatic heterocycles. The molecule has 114 valence electrons. The lowest BCUT2D eigenvalue weighted by atomic mass is 9.86. The molecule has 0 aromatic heterocycles. The maximum absolute atomic E-state index is 11.9. The molecule has 21 heavy (non-hydrogen) atoms. The number of carbonyl (C=O) groups excluding carboxylic acids is 1. The SMILES string of the molecule is CC(C)(O)C(C)(C)NC(=O)/C=C/c1cccc([N+](=O)[O-])c1. The predicted octanol–water partition coefficient (Wildman–Crippen LogP) is 2.27. The molecular formula is C15H20N2O4. The molecule has 0 spiro atoms. The first-order chi connectivity index (χ1) is 9.53. The molecule has 0 fully saturated rings. The van der Waals surface area contributed by atoms with E-state index in [0.717, 1.165) is 0 Å². The Bertz CT molecular complexity index is 571. The van der Waals surface area contributed by atoms with Gasteiger partial charge in [0.25, 0.3) is 5.69 Å². The molecule has 0 unspecified atom stereocenters. The second-order valence-electron chi connectivity index (χ2n) is 5.86. The van der Waals surface area contributed by atoms with Crippen LogP contribution in [-0.2, 0) is 4.79 Å². The Balaban J connectivity index is 2.80. The lowest BCUT2D eigenvalue weighted by Gasteiger charge is -2.37. The molecule has 6 heteroatoms. The number of nitrogens with zero attached hydrogens (tertiary/aromatic N) is 1. The summed E-state index contributed by atoms with van der Waals surface area (Å²) in [4.78, 5) is 22.0. The maximum atomic E-state index is 11.9. The standard InChI is InChI=1S/C15H20N2O4/c1-14(2,15(3,4)19)16-13(18)9-8-11-6-5-7-12(10-11)17(20)21/h5-10,19H,1-4H3,(H,16,18)/b9-8+. The number of nitrogens with one attached hydrogen (secondary N) is 1.